The second kappa shape index (κ2) is 7.47. The maximum absolute atomic E-state index is 12.6. The van der Waals surface area contributed by atoms with Crippen LogP contribution in [-0.2, 0) is 10.0 Å². The van der Waals surface area contributed by atoms with Crippen LogP contribution in [-0.4, -0.2) is 26.6 Å². The summed E-state index contributed by atoms with van der Waals surface area (Å²) in [6, 6.07) is 11.5. The van der Waals surface area contributed by atoms with Crippen molar-refractivity contribution in [1.29, 1.82) is 0 Å². The van der Waals surface area contributed by atoms with Gasteiger partial charge in [0.25, 0.3) is 5.91 Å². The maximum Gasteiger partial charge on any atom is 0.251 e. The predicted octanol–water partition coefficient (Wildman–Crippen LogP) is 4.02. The molecule has 26 heavy (non-hydrogen) atoms. The number of nitrogens with zero attached hydrogens (tertiary/aromatic N) is 1. The molecule has 5 nitrogen and oxygen atoms in total. The Morgan fingerprint density at radius 2 is 1.92 bits per heavy atom. The van der Waals surface area contributed by atoms with Crippen molar-refractivity contribution in [3.05, 3.63) is 63.6 Å². The zero-order valence-corrected chi connectivity index (χ0v) is 16.4. The molecule has 1 aliphatic heterocycles. The van der Waals surface area contributed by atoms with Crippen molar-refractivity contribution >= 4 is 44.8 Å². The number of carbonyl (C=O) groups is 1. The third-order valence-corrected chi connectivity index (χ3v) is 6.90. The molecule has 1 heterocycles. The van der Waals surface area contributed by atoms with Gasteiger partial charge in [0, 0.05) is 12.1 Å². The van der Waals surface area contributed by atoms with E-state index in [1.54, 1.807) is 42.5 Å². The Morgan fingerprint density at radius 1 is 1.15 bits per heavy atom. The second-order valence-electron chi connectivity index (χ2n) is 6.16. The molecular formula is C18H18Cl2N2O3S. The van der Waals surface area contributed by atoms with Crippen LogP contribution in [0.1, 0.15) is 35.3 Å². The van der Waals surface area contributed by atoms with Crippen LogP contribution >= 0.6 is 23.2 Å². The van der Waals surface area contributed by atoms with E-state index < -0.39 is 10.0 Å². The highest BCUT2D eigenvalue weighted by atomic mass is 35.5. The molecule has 3 rings (SSSR count). The van der Waals surface area contributed by atoms with Gasteiger partial charge in [-0.2, -0.15) is 0 Å². The molecule has 8 heteroatoms. The Kier molecular flexibility index (Phi) is 5.46. The van der Waals surface area contributed by atoms with Crippen LogP contribution in [0.4, 0.5) is 5.69 Å². The number of benzene rings is 2. The Balaban J connectivity index is 1.78. The number of sulfonamides is 1. The van der Waals surface area contributed by atoms with Gasteiger partial charge in [-0.15, -0.1) is 0 Å². The lowest BCUT2D eigenvalue weighted by atomic mass is 10.1. The molecule has 1 atom stereocenters. The molecule has 0 bridgehead atoms. The van der Waals surface area contributed by atoms with Gasteiger partial charge < -0.3 is 5.32 Å². The Hall–Kier alpha value is -1.76. The summed E-state index contributed by atoms with van der Waals surface area (Å²) in [6.45, 7) is 2.28. The highest BCUT2D eigenvalue weighted by molar-refractivity contribution is 7.93. The summed E-state index contributed by atoms with van der Waals surface area (Å²) >= 11 is 11.9. The molecule has 0 aromatic heterocycles. The van der Waals surface area contributed by atoms with E-state index >= 15 is 0 Å². The van der Waals surface area contributed by atoms with Crippen molar-refractivity contribution < 1.29 is 13.2 Å². The zero-order chi connectivity index (χ0) is 18.9. The van der Waals surface area contributed by atoms with Crippen molar-refractivity contribution in [3.63, 3.8) is 0 Å². The van der Waals surface area contributed by atoms with E-state index in [2.05, 4.69) is 5.32 Å². The number of anilines is 1. The minimum atomic E-state index is -3.28. The van der Waals surface area contributed by atoms with Crippen LogP contribution in [0.3, 0.4) is 0 Å². The van der Waals surface area contributed by atoms with Gasteiger partial charge in [0.15, 0.2) is 0 Å². The third kappa shape index (κ3) is 3.98. The number of carbonyl (C=O) groups excluding carboxylic acids is 1. The number of hydrogen-bond acceptors (Lipinski definition) is 3. The molecule has 1 saturated heterocycles. The van der Waals surface area contributed by atoms with Crippen LogP contribution in [0.25, 0.3) is 0 Å². The lowest BCUT2D eigenvalue weighted by Gasteiger charge is -2.19. The summed E-state index contributed by atoms with van der Waals surface area (Å²) < 4.78 is 25.5. The van der Waals surface area contributed by atoms with E-state index in [1.165, 1.54) is 4.31 Å². The lowest BCUT2D eigenvalue weighted by Crippen LogP contribution is -2.28. The van der Waals surface area contributed by atoms with Gasteiger partial charge in [-0.3, -0.25) is 9.10 Å². The fraction of sp³-hybridized carbons (Fsp3) is 0.278. The van der Waals surface area contributed by atoms with E-state index in [1.807, 2.05) is 6.92 Å². The van der Waals surface area contributed by atoms with E-state index in [-0.39, 0.29) is 17.7 Å². The number of rotatable bonds is 4. The number of nitrogens with one attached hydrogen (secondary N) is 1. The monoisotopic (exact) mass is 412 g/mol. The zero-order valence-electron chi connectivity index (χ0n) is 14.1. The van der Waals surface area contributed by atoms with Gasteiger partial charge in [-0.25, -0.2) is 8.42 Å². The summed E-state index contributed by atoms with van der Waals surface area (Å²) in [6.07, 6.45) is 0.590. The summed E-state index contributed by atoms with van der Waals surface area (Å²) in [5.74, 6) is -0.153. The summed E-state index contributed by atoms with van der Waals surface area (Å²) in [5.41, 5.74) is 1.74. The Morgan fingerprint density at radius 3 is 2.58 bits per heavy atom. The van der Waals surface area contributed by atoms with E-state index in [0.29, 0.717) is 34.3 Å². The minimum absolute atomic E-state index is 0.137. The lowest BCUT2D eigenvalue weighted by molar-refractivity contribution is 0.0940. The van der Waals surface area contributed by atoms with Gasteiger partial charge >= 0.3 is 0 Å². The normalized spacial score (nSPS) is 17.1. The summed E-state index contributed by atoms with van der Waals surface area (Å²) in [4.78, 5) is 12.6. The molecule has 2 aromatic carbocycles. The first-order chi connectivity index (χ1) is 12.3. The molecule has 1 aliphatic rings. The number of hydrogen-bond donors (Lipinski definition) is 1. The highest BCUT2D eigenvalue weighted by Gasteiger charge is 2.28. The molecule has 1 N–H and O–H groups in total. The summed E-state index contributed by atoms with van der Waals surface area (Å²) in [5, 5.41) is 3.76. The van der Waals surface area contributed by atoms with Gasteiger partial charge in [0.1, 0.15) is 0 Å². The minimum Gasteiger partial charge on any atom is -0.346 e. The quantitative estimate of drug-likeness (QED) is 0.823. The molecule has 0 radical (unpaired) electrons. The molecule has 138 valence electrons. The smallest absolute Gasteiger partial charge is 0.251 e. The van der Waals surface area contributed by atoms with Crippen molar-refractivity contribution in [2.75, 3.05) is 16.6 Å². The molecular weight excluding hydrogens is 395 g/mol. The maximum atomic E-state index is 12.6. The van der Waals surface area contributed by atoms with Crippen LogP contribution < -0.4 is 9.62 Å². The molecule has 0 spiro atoms. The fourth-order valence-electron chi connectivity index (χ4n) is 2.88. The standard InChI is InChI=1S/C18H18Cl2N2O3S/c1-12(13-6-7-16(19)17(20)11-13)21-18(23)14-4-2-5-15(10-14)22-8-3-9-26(22,24)25/h2,4-7,10-12H,3,8-9H2,1H3,(H,21,23)/t12-/m0/s1. The van der Waals surface area contributed by atoms with Crippen LogP contribution in [0.2, 0.25) is 10.0 Å². The molecule has 1 amide bonds. The van der Waals surface area contributed by atoms with Gasteiger partial charge in [-0.1, -0.05) is 35.3 Å². The molecule has 2 aromatic rings. The first-order valence-electron chi connectivity index (χ1n) is 8.14. The Bertz CT molecular complexity index is 947. The van der Waals surface area contributed by atoms with Crippen molar-refractivity contribution in [2.24, 2.45) is 0 Å². The second-order valence-corrected chi connectivity index (χ2v) is 8.99. The number of halogens is 2. The molecule has 0 aliphatic carbocycles. The van der Waals surface area contributed by atoms with Crippen LogP contribution in [0.15, 0.2) is 42.5 Å². The topological polar surface area (TPSA) is 66.5 Å². The van der Waals surface area contributed by atoms with Gasteiger partial charge in [0.05, 0.1) is 27.5 Å². The Labute approximate surface area is 163 Å². The predicted molar refractivity (Wildman–Crippen MR) is 105 cm³/mol. The first kappa shape index (κ1) is 19.0. The number of amides is 1. The molecule has 1 fully saturated rings. The highest BCUT2D eigenvalue weighted by Crippen LogP contribution is 2.27. The van der Waals surface area contributed by atoms with Crippen molar-refractivity contribution in [1.82, 2.24) is 5.32 Å². The van der Waals surface area contributed by atoms with Gasteiger partial charge in [0.2, 0.25) is 10.0 Å². The van der Waals surface area contributed by atoms with Crippen molar-refractivity contribution in [3.8, 4) is 0 Å². The molecule has 0 saturated carbocycles. The fourth-order valence-corrected chi connectivity index (χ4v) is 4.74. The van der Waals surface area contributed by atoms with E-state index in [0.717, 1.165) is 5.56 Å². The first-order valence-corrected chi connectivity index (χ1v) is 10.5. The van der Waals surface area contributed by atoms with E-state index in [9.17, 15) is 13.2 Å². The average molecular weight is 413 g/mol. The van der Waals surface area contributed by atoms with Crippen LogP contribution in [0.5, 0.6) is 0 Å². The van der Waals surface area contributed by atoms with Gasteiger partial charge in [-0.05, 0) is 49.2 Å². The van der Waals surface area contributed by atoms with E-state index in [4.69, 9.17) is 23.2 Å². The summed E-state index contributed by atoms with van der Waals surface area (Å²) in [7, 11) is -3.28. The largest absolute Gasteiger partial charge is 0.346 e. The SMILES string of the molecule is C[C@H](NC(=O)c1cccc(N2CCCS2(=O)=O)c1)c1ccc(Cl)c(Cl)c1. The molecule has 0 unspecified atom stereocenters. The van der Waals surface area contributed by atoms with Crippen LogP contribution in [0, 0.1) is 0 Å². The van der Waals surface area contributed by atoms with Crippen molar-refractivity contribution in [2.45, 2.75) is 19.4 Å². The average Bonchev–Trinajstić information content (AvgIpc) is 2.96. The third-order valence-electron chi connectivity index (χ3n) is 4.29.